The molecule has 0 unspecified atom stereocenters. The van der Waals surface area contributed by atoms with Crippen LogP contribution in [-0.4, -0.2) is 31.7 Å². The van der Waals surface area contributed by atoms with E-state index in [9.17, 15) is 13.2 Å². The Morgan fingerprint density at radius 2 is 1.65 bits per heavy atom. The lowest BCUT2D eigenvalue weighted by Gasteiger charge is -2.32. The molecule has 0 aliphatic carbocycles. The summed E-state index contributed by atoms with van der Waals surface area (Å²) in [5.74, 6) is 0. The number of hydrogen-bond donors (Lipinski definition) is 2. The zero-order valence-corrected chi connectivity index (χ0v) is 12.6. The predicted molar refractivity (Wildman–Crippen MR) is 74.2 cm³/mol. The molecule has 1 aliphatic heterocycles. The number of rotatable bonds is 2. The summed E-state index contributed by atoms with van der Waals surface area (Å²) in [4.78, 5) is 14.2. The van der Waals surface area contributed by atoms with Crippen molar-refractivity contribution in [1.29, 1.82) is 0 Å². The van der Waals surface area contributed by atoms with Crippen LogP contribution in [0, 0.1) is 0 Å². The van der Waals surface area contributed by atoms with Crippen molar-refractivity contribution in [3.63, 3.8) is 0 Å². The van der Waals surface area contributed by atoms with Crippen LogP contribution in [0.25, 0.3) is 0 Å². The summed E-state index contributed by atoms with van der Waals surface area (Å²) in [5, 5.41) is 4.61. The van der Waals surface area contributed by atoms with Crippen molar-refractivity contribution in [2.24, 2.45) is 5.14 Å². The minimum atomic E-state index is -3.95. The van der Waals surface area contributed by atoms with Crippen molar-refractivity contribution >= 4 is 22.6 Å². The second-order valence-electron chi connectivity index (χ2n) is 5.74. The number of sulfonamides is 1. The molecule has 0 aromatic carbocycles. The molecule has 1 saturated heterocycles. The third kappa shape index (κ3) is 2.53. The van der Waals surface area contributed by atoms with Crippen molar-refractivity contribution in [1.82, 2.24) is 4.98 Å². The minimum Gasteiger partial charge on any atom is -0.399 e. The maximum atomic E-state index is 12.0. The maximum Gasteiger partial charge on any atom is 0.500 e. The van der Waals surface area contributed by atoms with Gasteiger partial charge in [0.25, 0.3) is 10.0 Å². The fourth-order valence-electron chi connectivity index (χ4n) is 1.79. The molecule has 1 fully saturated rings. The Hall–Kier alpha value is -1.16. The number of nitrogens with two attached hydrogens (primary N) is 1. The van der Waals surface area contributed by atoms with Gasteiger partial charge in [-0.1, -0.05) is 6.07 Å². The molecular weight excluding hydrogens is 283 g/mol. The van der Waals surface area contributed by atoms with Gasteiger partial charge < -0.3 is 14.3 Å². The number of primary sulfonamides is 1. The number of aromatic amines is 1. The lowest BCUT2D eigenvalue weighted by molar-refractivity contribution is 0.00578. The monoisotopic (exact) mass is 300 g/mol. The molecule has 0 spiro atoms. The average Bonchev–Trinajstić information content (AvgIpc) is 2.46. The zero-order valence-electron chi connectivity index (χ0n) is 11.8. The Bertz CT molecular complexity index is 679. The molecule has 7 nitrogen and oxygen atoms in total. The number of nitrogens with one attached hydrogen (secondary N) is 1. The summed E-state index contributed by atoms with van der Waals surface area (Å²) < 4.78 is 33.8. The van der Waals surface area contributed by atoms with Gasteiger partial charge in [0, 0.05) is 5.46 Å². The van der Waals surface area contributed by atoms with Crippen LogP contribution in [0.4, 0.5) is 0 Å². The molecule has 1 aromatic heterocycles. The molecule has 1 aromatic rings. The highest BCUT2D eigenvalue weighted by atomic mass is 32.2. The molecule has 20 heavy (non-hydrogen) atoms. The van der Waals surface area contributed by atoms with E-state index < -0.39 is 33.9 Å². The highest BCUT2D eigenvalue weighted by Gasteiger charge is 2.52. The van der Waals surface area contributed by atoms with E-state index in [4.69, 9.17) is 14.4 Å². The van der Waals surface area contributed by atoms with E-state index in [0.29, 0.717) is 0 Å². The van der Waals surface area contributed by atoms with E-state index in [-0.39, 0.29) is 10.5 Å². The number of aromatic nitrogens is 1. The molecule has 9 heteroatoms. The van der Waals surface area contributed by atoms with Crippen molar-refractivity contribution in [3.8, 4) is 0 Å². The van der Waals surface area contributed by atoms with Crippen molar-refractivity contribution in [3.05, 3.63) is 22.5 Å². The number of hydrogen-bond acceptors (Lipinski definition) is 5. The van der Waals surface area contributed by atoms with Crippen LogP contribution in [0.5, 0.6) is 0 Å². The zero-order chi connectivity index (χ0) is 15.3. The van der Waals surface area contributed by atoms with Crippen LogP contribution >= 0.6 is 0 Å². The smallest absolute Gasteiger partial charge is 0.399 e. The quantitative estimate of drug-likeness (QED) is 0.703. The van der Waals surface area contributed by atoms with E-state index in [0.717, 1.165) is 0 Å². The standard InChI is InChI=1S/C11H17BN2O5S/c1-10(2)11(3,4)19-12(18-10)7-5-6-8(14-9(7)15)20(13,16)17/h5-6H,1-4H3,(H,14,15)(H2,13,16,17). The van der Waals surface area contributed by atoms with Gasteiger partial charge in [-0.25, -0.2) is 13.6 Å². The van der Waals surface area contributed by atoms with E-state index >= 15 is 0 Å². The van der Waals surface area contributed by atoms with Gasteiger partial charge in [-0.15, -0.1) is 0 Å². The summed E-state index contributed by atoms with van der Waals surface area (Å²) >= 11 is 0. The Labute approximate surface area is 117 Å². The molecule has 3 N–H and O–H groups in total. The van der Waals surface area contributed by atoms with Gasteiger partial charge in [-0.05, 0) is 33.8 Å². The van der Waals surface area contributed by atoms with Crippen LogP contribution in [0.15, 0.2) is 22.0 Å². The highest BCUT2D eigenvalue weighted by molar-refractivity contribution is 7.89. The molecule has 2 heterocycles. The predicted octanol–water partition coefficient (Wildman–Crippen LogP) is -0.678. The van der Waals surface area contributed by atoms with Crippen LogP contribution in [0.3, 0.4) is 0 Å². The molecular formula is C11H17BN2O5S. The minimum absolute atomic E-state index is 0.205. The van der Waals surface area contributed by atoms with Crippen molar-refractivity contribution in [2.75, 3.05) is 0 Å². The lowest BCUT2D eigenvalue weighted by atomic mass is 9.80. The summed E-state index contributed by atoms with van der Waals surface area (Å²) in [6, 6.07) is 2.57. The Morgan fingerprint density at radius 1 is 1.15 bits per heavy atom. The summed E-state index contributed by atoms with van der Waals surface area (Å²) in [6.07, 6.45) is 0. The van der Waals surface area contributed by atoms with Crippen LogP contribution in [-0.2, 0) is 19.3 Å². The first-order chi connectivity index (χ1) is 8.94. The molecule has 0 atom stereocenters. The molecule has 0 bridgehead atoms. The van der Waals surface area contributed by atoms with E-state index in [2.05, 4.69) is 4.98 Å². The van der Waals surface area contributed by atoms with E-state index in [1.54, 1.807) is 0 Å². The van der Waals surface area contributed by atoms with Crippen molar-refractivity contribution in [2.45, 2.75) is 43.9 Å². The van der Waals surface area contributed by atoms with Gasteiger partial charge in [0.15, 0.2) is 0 Å². The Kier molecular flexibility index (Phi) is 3.37. The van der Waals surface area contributed by atoms with Gasteiger partial charge in [0.1, 0.15) is 5.03 Å². The van der Waals surface area contributed by atoms with E-state index in [1.165, 1.54) is 12.1 Å². The van der Waals surface area contributed by atoms with Gasteiger partial charge in [0.05, 0.1) is 11.2 Å². The van der Waals surface area contributed by atoms with E-state index in [1.807, 2.05) is 27.7 Å². The third-order valence-corrected chi connectivity index (χ3v) is 4.58. The molecule has 2 rings (SSSR count). The second kappa shape index (κ2) is 4.42. The fraction of sp³-hybridized carbons (Fsp3) is 0.545. The summed E-state index contributed by atoms with van der Waals surface area (Å²) in [5.41, 5.74) is -1.56. The number of H-pyrrole nitrogens is 1. The van der Waals surface area contributed by atoms with Crippen LogP contribution in [0.1, 0.15) is 27.7 Å². The molecule has 0 saturated carbocycles. The number of pyridine rings is 1. The van der Waals surface area contributed by atoms with Gasteiger partial charge in [-0.2, -0.15) is 0 Å². The van der Waals surface area contributed by atoms with Crippen molar-refractivity contribution < 1.29 is 17.7 Å². The maximum absolute atomic E-state index is 12.0. The molecule has 0 radical (unpaired) electrons. The topological polar surface area (TPSA) is 111 Å². The first kappa shape index (κ1) is 15.2. The molecule has 110 valence electrons. The second-order valence-corrected chi connectivity index (χ2v) is 7.27. The SMILES string of the molecule is CC1(C)OB(c2ccc(S(N)(=O)=O)[nH]c2=O)OC1(C)C. The highest BCUT2D eigenvalue weighted by Crippen LogP contribution is 2.36. The van der Waals surface area contributed by atoms with Gasteiger partial charge >= 0.3 is 7.12 Å². The Morgan fingerprint density at radius 3 is 2.05 bits per heavy atom. The largest absolute Gasteiger partial charge is 0.500 e. The van der Waals surface area contributed by atoms with Gasteiger partial charge in [-0.3, -0.25) is 4.79 Å². The summed E-state index contributed by atoms with van der Waals surface area (Å²) in [7, 11) is -4.80. The summed E-state index contributed by atoms with van der Waals surface area (Å²) in [6.45, 7) is 7.44. The average molecular weight is 300 g/mol. The Balaban J connectivity index is 2.40. The molecule has 0 amide bonds. The first-order valence-electron chi connectivity index (χ1n) is 6.06. The lowest BCUT2D eigenvalue weighted by Crippen LogP contribution is -2.45. The first-order valence-corrected chi connectivity index (χ1v) is 7.60. The van der Waals surface area contributed by atoms with Crippen LogP contribution in [0.2, 0.25) is 0 Å². The molecule has 1 aliphatic rings. The third-order valence-electron chi connectivity index (χ3n) is 3.73. The normalized spacial score (nSPS) is 21.1. The fourth-order valence-corrected chi connectivity index (χ4v) is 2.28. The van der Waals surface area contributed by atoms with Crippen LogP contribution < -0.4 is 16.2 Å². The van der Waals surface area contributed by atoms with Gasteiger partial charge in [0.2, 0.25) is 5.56 Å².